The third kappa shape index (κ3) is 3.95. The summed E-state index contributed by atoms with van der Waals surface area (Å²) in [6, 6.07) is 8.14. The molecule has 2 nitrogen and oxygen atoms in total. The molecule has 100 valence electrons. The van der Waals surface area contributed by atoms with E-state index < -0.39 is 0 Å². The van der Waals surface area contributed by atoms with Gasteiger partial charge in [0.25, 0.3) is 0 Å². The molecule has 18 heavy (non-hydrogen) atoms. The van der Waals surface area contributed by atoms with Gasteiger partial charge in [-0.1, -0.05) is 29.8 Å². The van der Waals surface area contributed by atoms with Gasteiger partial charge in [-0.25, -0.2) is 0 Å². The minimum atomic E-state index is 0.0701. The minimum Gasteiger partial charge on any atom is -0.357 e. The minimum absolute atomic E-state index is 0.0701. The topological polar surface area (TPSA) is 15.3 Å². The summed E-state index contributed by atoms with van der Waals surface area (Å²) < 4.78 is 1.07. The highest BCUT2D eigenvalue weighted by molar-refractivity contribution is 9.10. The summed E-state index contributed by atoms with van der Waals surface area (Å²) in [5, 5.41) is 4.22. The van der Waals surface area contributed by atoms with Gasteiger partial charge in [0.15, 0.2) is 5.11 Å². The van der Waals surface area contributed by atoms with Crippen molar-refractivity contribution < 1.29 is 0 Å². The fourth-order valence-electron chi connectivity index (χ4n) is 1.55. The molecule has 0 aliphatic heterocycles. The average molecular weight is 329 g/mol. The summed E-state index contributed by atoms with van der Waals surface area (Å²) in [4.78, 5) is 2.01. The van der Waals surface area contributed by atoms with Crippen LogP contribution in [0.2, 0.25) is 0 Å². The third-order valence-corrected chi connectivity index (χ3v) is 4.39. The van der Waals surface area contributed by atoms with Crippen LogP contribution >= 0.6 is 28.1 Å². The molecule has 0 atom stereocenters. The lowest BCUT2D eigenvalue weighted by molar-refractivity contribution is 0.389. The maximum atomic E-state index is 5.48. The lowest BCUT2D eigenvalue weighted by Crippen LogP contribution is -2.50. The molecule has 0 saturated heterocycles. The fraction of sp³-hybridized carbons (Fsp3) is 0.500. The molecule has 1 aromatic carbocycles. The van der Waals surface area contributed by atoms with E-state index in [0.717, 1.165) is 28.1 Å². The molecule has 0 heterocycles. The van der Waals surface area contributed by atoms with E-state index in [1.165, 1.54) is 0 Å². The van der Waals surface area contributed by atoms with Crippen LogP contribution in [-0.2, 0) is 0 Å². The monoisotopic (exact) mass is 328 g/mol. The van der Waals surface area contributed by atoms with Crippen LogP contribution in [0.1, 0.15) is 33.6 Å². The first-order valence-corrected chi connectivity index (χ1v) is 7.43. The molecule has 0 amide bonds. The molecule has 0 saturated carbocycles. The van der Waals surface area contributed by atoms with Crippen molar-refractivity contribution in [3.05, 3.63) is 28.7 Å². The first kappa shape index (κ1) is 15.4. The van der Waals surface area contributed by atoms with E-state index in [1.54, 1.807) is 0 Å². The second-order valence-electron chi connectivity index (χ2n) is 4.73. The number of benzene rings is 1. The van der Waals surface area contributed by atoms with Gasteiger partial charge in [0.2, 0.25) is 0 Å². The summed E-state index contributed by atoms with van der Waals surface area (Å²) in [6.45, 7) is 6.56. The van der Waals surface area contributed by atoms with Gasteiger partial charge in [0, 0.05) is 22.7 Å². The Morgan fingerprint density at radius 2 is 1.78 bits per heavy atom. The third-order valence-electron chi connectivity index (χ3n) is 3.49. The molecular weight excluding hydrogens is 308 g/mol. The Hall–Kier alpha value is -0.610. The SMILES string of the molecule is CCC(C)(CC)NC(=S)N(C)c1ccc(Br)cc1. The van der Waals surface area contributed by atoms with Gasteiger partial charge in [-0.05, 0) is 56.2 Å². The number of thiocarbonyl (C=S) groups is 1. The number of hydrogen-bond acceptors (Lipinski definition) is 1. The van der Waals surface area contributed by atoms with Crippen molar-refractivity contribution in [2.75, 3.05) is 11.9 Å². The highest BCUT2D eigenvalue weighted by Gasteiger charge is 2.21. The summed E-state index contributed by atoms with van der Waals surface area (Å²) in [5.41, 5.74) is 1.16. The van der Waals surface area contributed by atoms with Crippen LogP contribution in [0.15, 0.2) is 28.7 Å². The molecule has 0 bridgehead atoms. The summed E-state index contributed by atoms with van der Waals surface area (Å²) in [7, 11) is 1.99. The van der Waals surface area contributed by atoms with Crippen molar-refractivity contribution in [1.82, 2.24) is 5.32 Å². The Kier molecular flexibility index (Phi) is 5.60. The van der Waals surface area contributed by atoms with E-state index in [-0.39, 0.29) is 5.54 Å². The predicted molar refractivity (Wildman–Crippen MR) is 87.3 cm³/mol. The number of nitrogens with one attached hydrogen (secondary N) is 1. The highest BCUT2D eigenvalue weighted by atomic mass is 79.9. The second-order valence-corrected chi connectivity index (χ2v) is 6.04. The first-order chi connectivity index (χ1) is 8.41. The van der Waals surface area contributed by atoms with E-state index in [9.17, 15) is 0 Å². The molecule has 0 fully saturated rings. The van der Waals surface area contributed by atoms with Gasteiger partial charge in [0.05, 0.1) is 0 Å². The fourth-order valence-corrected chi connectivity index (χ4v) is 2.17. The highest BCUT2D eigenvalue weighted by Crippen LogP contribution is 2.19. The van der Waals surface area contributed by atoms with Crippen LogP contribution in [0.3, 0.4) is 0 Å². The zero-order valence-corrected chi connectivity index (χ0v) is 13.9. The van der Waals surface area contributed by atoms with E-state index in [2.05, 4.69) is 42.0 Å². The van der Waals surface area contributed by atoms with Crippen molar-refractivity contribution >= 4 is 38.9 Å². The molecule has 0 aliphatic rings. The van der Waals surface area contributed by atoms with Gasteiger partial charge in [-0.2, -0.15) is 0 Å². The van der Waals surface area contributed by atoms with Gasteiger partial charge < -0.3 is 10.2 Å². The number of anilines is 1. The van der Waals surface area contributed by atoms with E-state index in [4.69, 9.17) is 12.2 Å². The average Bonchev–Trinajstić information content (AvgIpc) is 2.38. The Bertz CT molecular complexity index is 399. The summed E-state index contributed by atoms with van der Waals surface area (Å²) >= 11 is 8.91. The standard InChI is InChI=1S/C14H21BrN2S/c1-5-14(3,6-2)16-13(18)17(4)12-9-7-11(15)8-10-12/h7-10H,5-6H2,1-4H3,(H,16,18). The maximum Gasteiger partial charge on any atom is 0.173 e. The molecule has 0 aromatic heterocycles. The predicted octanol–water partition coefficient (Wildman–Crippen LogP) is 4.34. The van der Waals surface area contributed by atoms with Crippen LogP contribution < -0.4 is 10.2 Å². The largest absolute Gasteiger partial charge is 0.357 e. The van der Waals surface area contributed by atoms with Crippen molar-refractivity contribution in [3.8, 4) is 0 Å². The quantitative estimate of drug-likeness (QED) is 0.828. The van der Waals surface area contributed by atoms with Crippen molar-refractivity contribution in [1.29, 1.82) is 0 Å². The number of halogens is 1. The van der Waals surface area contributed by atoms with E-state index in [0.29, 0.717) is 0 Å². The summed E-state index contributed by atoms with van der Waals surface area (Å²) in [6.07, 6.45) is 2.11. The molecule has 1 N–H and O–H groups in total. The Balaban J connectivity index is 2.75. The molecular formula is C14H21BrN2S. The van der Waals surface area contributed by atoms with Gasteiger partial charge in [-0.3, -0.25) is 0 Å². The smallest absolute Gasteiger partial charge is 0.173 e. The first-order valence-electron chi connectivity index (χ1n) is 6.23. The molecule has 4 heteroatoms. The Morgan fingerprint density at radius 3 is 2.22 bits per heavy atom. The number of rotatable bonds is 4. The van der Waals surface area contributed by atoms with Crippen molar-refractivity contribution in [3.63, 3.8) is 0 Å². The van der Waals surface area contributed by atoms with Crippen LogP contribution in [0, 0.1) is 0 Å². The van der Waals surface area contributed by atoms with Gasteiger partial charge in [-0.15, -0.1) is 0 Å². The molecule has 1 rings (SSSR count). The van der Waals surface area contributed by atoms with E-state index in [1.807, 2.05) is 36.2 Å². The molecule has 0 radical (unpaired) electrons. The van der Waals surface area contributed by atoms with Gasteiger partial charge in [0.1, 0.15) is 0 Å². The van der Waals surface area contributed by atoms with Crippen LogP contribution in [0.25, 0.3) is 0 Å². The normalized spacial score (nSPS) is 11.2. The van der Waals surface area contributed by atoms with Crippen molar-refractivity contribution in [2.24, 2.45) is 0 Å². The summed E-state index contributed by atoms with van der Waals surface area (Å²) in [5.74, 6) is 0. The molecule has 0 aliphatic carbocycles. The number of nitrogens with zero attached hydrogens (tertiary/aromatic N) is 1. The second kappa shape index (κ2) is 6.53. The number of hydrogen-bond donors (Lipinski definition) is 1. The maximum absolute atomic E-state index is 5.48. The van der Waals surface area contributed by atoms with Crippen molar-refractivity contribution in [2.45, 2.75) is 39.2 Å². The zero-order valence-electron chi connectivity index (χ0n) is 11.5. The van der Waals surface area contributed by atoms with Crippen LogP contribution in [-0.4, -0.2) is 17.7 Å². The Morgan fingerprint density at radius 1 is 1.28 bits per heavy atom. The van der Waals surface area contributed by atoms with Crippen LogP contribution in [0.4, 0.5) is 5.69 Å². The van der Waals surface area contributed by atoms with Crippen LogP contribution in [0.5, 0.6) is 0 Å². The molecule has 0 unspecified atom stereocenters. The zero-order chi connectivity index (χ0) is 13.8. The molecule has 1 aromatic rings. The molecule has 0 spiro atoms. The Labute approximate surface area is 124 Å². The van der Waals surface area contributed by atoms with E-state index >= 15 is 0 Å². The van der Waals surface area contributed by atoms with Gasteiger partial charge >= 0.3 is 0 Å². The lowest BCUT2D eigenvalue weighted by atomic mass is 9.96. The lowest BCUT2D eigenvalue weighted by Gasteiger charge is -2.33.